The van der Waals surface area contributed by atoms with Gasteiger partial charge in [-0.1, -0.05) is 32.4 Å². The lowest BCUT2D eigenvalue weighted by Gasteiger charge is -2.57. The van der Waals surface area contributed by atoms with Gasteiger partial charge in [0, 0.05) is 42.6 Å². The summed E-state index contributed by atoms with van der Waals surface area (Å²) < 4.78 is 13.1. The number of aliphatic hydroxyl groups excluding tert-OH is 2. The van der Waals surface area contributed by atoms with Gasteiger partial charge in [-0.05, 0) is 61.7 Å². The maximum atomic E-state index is 14.0. The SMILES string of the molecule is C[C@H]1[C@H]2[C@H](C[C@H]3[C@@H]4CC=C5C[C@@H](O)CC[C@]5(C)[C@H]4CC(=O)[C@]23C)O[C@]12CC[C@@H](CO)CO2. The van der Waals surface area contributed by atoms with Crippen LogP contribution in [0.4, 0.5) is 0 Å². The van der Waals surface area contributed by atoms with Crippen LogP contribution in [0.5, 0.6) is 0 Å². The van der Waals surface area contributed by atoms with Crippen LogP contribution in [-0.4, -0.2) is 47.2 Å². The van der Waals surface area contributed by atoms with Crippen LogP contribution in [0.25, 0.3) is 0 Å². The van der Waals surface area contributed by atoms with E-state index in [0.717, 1.165) is 44.9 Å². The number of hydrogen-bond donors (Lipinski definition) is 2. The number of carbonyl (C=O) groups is 1. The molecule has 0 unspecified atom stereocenters. The zero-order valence-corrected chi connectivity index (χ0v) is 19.9. The second-order valence-electron chi connectivity index (χ2n) is 12.5. The normalized spacial score (nSPS) is 56.9. The molecule has 0 aromatic carbocycles. The zero-order chi connectivity index (χ0) is 22.5. The summed E-state index contributed by atoms with van der Waals surface area (Å²) in [6.07, 6.45) is 9.39. The van der Waals surface area contributed by atoms with E-state index in [0.29, 0.717) is 36.6 Å². The maximum Gasteiger partial charge on any atom is 0.171 e. The van der Waals surface area contributed by atoms with E-state index >= 15 is 0 Å². The first-order valence-electron chi connectivity index (χ1n) is 13.1. The van der Waals surface area contributed by atoms with Gasteiger partial charge in [-0.25, -0.2) is 0 Å². The molecule has 0 aromatic heterocycles. The van der Waals surface area contributed by atoms with Gasteiger partial charge >= 0.3 is 0 Å². The topological polar surface area (TPSA) is 76.0 Å². The third-order valence-corrected chi connectivity index (χ3v) is 11.3. The van der Waals surface area contributed by atoms with Crippen molar-refractivity contribution in [3.63, 3.8) is 0 Å². The summed E-state index contributed by atoms with van der Waals surface area (Å²) in [7, 11) is 0. The number of ketones is 1. The number of rotatable bonds is 1. The zero-order valence-electron chi connectivity index (χ0n) is 19.9. The van der Waals surface area contributed by atoms with E-state index in [2.05, 4.69) is 26.8 Å². The Morgan fingerprint density at radius 3 is 2.69 bits per heavy atom. The van der Waals surface area contributed by atoms with Crippen LogP contribution >= 0.6 is 0 Å². The van der Waals surface area contributed by atoms with Gasteiger partial charge in [-0.3, -0.25) is 4.79 Å². The van der Waals surface area contributed by atoms with Crippen LogP contribution in [0.15, 0.2) is 11.6 Å². The molecular weight excluding hydrogens is 404 g/mol. The van der Waals surface area contributed by atoms with Crippen molar-refractivity contribution < 1.29 is 24.5 Å². The van der Waals surface area contributed by atoms with Gasteiger partial charge in [0.05, 0.1) is 18.8 Å². The standard InChI is InChI=1S/C27H40O5/c1-15-24-22(32-27(15)9-6-16(13-28)14-31-27)11-21-19-5-4-17-10-18(29)7-8-25(17,2)20(19)12-23(30)26(21,24)3/h4,15-16,18-22,24,28-29H,5-14H2,1-3H3/t15-,16-,18-,19+,20-,21-,22-,24-,25-,26+,27+/m0/s1. The Balaban J connectivity index is 1.30. The predicted octanol–water partition coefficient (Wildman–Crippen LogP) is 3.87. The van der Waals surface area contributed by atoms with Gasteiger partial charge in [0.1, 0.15) is 5.78 Å². The molecule has 5 nitrogen and oxygen atoms in total. The van der Waals surface area contributed by atoms with Gasteiger partial charge in [-0.15, -0.1) is 0 Å². The van der Waals surface area contributed by atoms with E-state index in [1.54, 1.807) is 0 Å². The number of carbonyl (C=O) groups excluding carboxylic acids is 1. The maximum absolute atomic E-state index is 14.0. The molecule has 11 atom stereocenters. The minimum atomic E-state index is -0.572. The largest absolute Gasteiger partial charge is 0.396 e. The molecule has 0 aromatic rings. The van der Waals surface area contributed by atoms with Crippen molar-refractivity contribution in [1.82, 2.24) is 0 Å². The summed E-state index contributed by atoms with van der Waals surface area (Å²) in [6, 6.07) is 0. The van der Waals surface area contributed by atoms with Crippen molar-refractivity contribution in [3.8, 4) is 0 Å². The fourth-order valence-corrected chi connectivity index (χ4v) is 9.42. The van der Waals surface area contributed by atoms with Gasteiger partial charge in [-0.2, -0.15) is 0 Å². The van der Waals surface area contributed by atoms with Gasteiger partial charge < -0.3 is 19.7 Å². The fourth-order valence-electron chi connectivity index (χ4n) is 9.42. The third-order valence-electron chi connectivity index (χ3n) is 11.3. The summed E-state index contributed by atoms with van der Waals surface area (Å²) in [5.74, 6) is 1.80. The number of Topliss-reactive ketones (excluding diaryl/α,β-unsaturated/α-hetero) is 1. The first-order chi connectivity index (χ1) is 15.2. The Labute approximate surface area is 191 Å². The number of aliphatic hydroxyl groups is 2. The van der Waals surface area contributed by atoms with Gasteiger partial charge in [0.15, 0.2) is 5.79 Å². The van der Waals surface area contributed by atoms with E-state index < -0.39 is 5.79 Å². The van der Waals surface area contributed by atoms with E-state index in [-0.39, 0.29) is 47.4 Å². The summed E-state index contributed by atoms with van der Waals surface area (Å²) >= 11 is 0. The lowest BCUT2D eigenvalue weighted by atomic mass is 9.46. The van der Waals surface area contributed by atoms with Gasteiger partial charge in [0.25, 0.3) is 0 Å². The van der Waals surface area contributed by atoms with Crippen LogP contribution in [0, 0.1) is 46.3 Å². The molecule has 2 saturated heterocycles. The Bertz CT molecular complexity index is 828. The summed E-state index contributed by atoms with van der Waals surface area (Å²) in [4.78, 5) is 14.0. The molecule has 0 amide bonds. The van der Waals surface area contributed by atoms with E-state index in [1.165, 1.54) is 5.57 Å². The second-order valence-corrected chi connectivity index (χ2v) is 12.5. The molecule has 0 bridgehead atoms. The highest BCUT2D eigenvalue weighted by Gasteiger charge is 2.71. The second kappa shape index (κ2) is 7.13. The quantitative estimate of drug-likeness (QED) is 0.601. The Hall–Kier alpha value is -0.750. The Kier molecular flexibility index (Phi) is 4.85. The lowest BCUT2D eigenvalue weighted by Crippen LogP contribution is -2.56. The summed E-state index contributed by atoms with van der Waals surface area (Å²) in [5, 5.41) is 19.8. The number of allylic oxidation sites excluding steroid dienone is 1. The molecule has 6 aliphatic rings. The van der Waals surface area contributed by atoms with Crippen LogP contribution in [0.2, 0.25) is 0 Å². The third kappa shape index (κ3) is 2.68. The molecular formula is C27H40O5. The highest BCUT2D eigenvalue weighted by atomic mass is 16.7. The summed E-state index contributed by atoms with van der Waals surface area (Å²) in [6.45, 7) is 7.60. The molecule has 32 heavy (non-hydrogen) atoms. The van der Waals surface area contributed by atoms with Crippen molar-refractivity contribution in [2.45, 2.75) is 90.1 Å². The highest BCUT2D eigenvalue weighted by Crippen LogP contribution is 2.69. The molecule has 5 heteroatoms. The molecule has 6 rings (SSSR count). The van der Waals surface area contributed by atoms with Gasteiger partial charge in [0.2, 0.25) is 0 Å². The average Bonchev–Trinajstić information content (AvgIpc) is 3.22. The van der Waals surface area contributed by atoms with Crippen LogP contribution in [0.1, 0.15) is 72.1 Å². The van der Waals surface area contributed by atoms with Crippen molar-refractivity contribution in [2.24, 2.45) is 46.3 Å². The fraction of sp³-hybridized carbons (Fsp3) is 0.889. The molecule has 4 aliphatic carbocycles. The smallest absolute Gasteiger partial charge is 0.171 e. The van der Waals surface area contributed by atoms with Crippen molar-refractivity contribution >= 4 is 5.78 Å². The van der Waals surface area contributed by atoms with Crippen molar-refractivity contribution in [1.29, 1.82) is 0 Å². The van der Waals surface area contributed by atoms with Crippen LogP contribution < -0.4 is 0 Å². The molecule has 2 N–H and O–H groups in total. The first-order valence-corrected chi connectivity index (χ1v) is 13.1. The summed E-state index contributed by atoms with van der Waals surface area (Å²) in [5.41, 5.74) is 1.14. The van der Waals surface area contributed by atoms with Crippen LogP contribution in [-0.2, 0) is 14.3 Å². The van der Waals surface area contributed by atoms with E-state index in [1.807, 2.05) is 0 Å². The number of fused-ring (bicyclic) bond motifs is 7. The predicted molar refractivity (Wildman–Crippen MR) is 120 cm³/mol. The monoisotopic (exact) mass is 444 g/mol. The number of hydrogen-bond acceptors (Lipinski definition) is 5. The molecule has 0 radical (unpaired) electrons. The van der Waals surface area contributed by atoms with Crippen molar-refractivity contribution in [2.75, 3.05) is 13.2 Å². The number of ether oxygens (including phenoxy) is 2. The molecule has 178 valence electrons. The Morgan fingerprint density at radius 2 is 1.97 bits per heavy atom. The van der Waals surface area contributed by atoms with E-state index in [9.17, 15) is 15.0 Å². The average molecular weight is 445 g/mol. The van der Waals surface area contributed by atoms with E-state index in [4.69, 9.17) is 9.47 Å². The molecule has 5 fully saturated rings. The Morgan fingerprint density at radius 1 is 1.16 bits per heavy atom. The van der Waals surface area contributed by atoms with Crippen molar-refractivity contribution in [3.05, 3.63) is 11.6 Å². The molecule has 2 heterocycles. The molecule has 2 aliphatic heterocycles. The molecule has 3 saturated carbocycles. The lowest BCUT2D eigenvalue weighted by molar-refractivity contribution is -0.275. The molecule has 1 spiro atoms. The minimum absolute atomic E-state index is 0.0658. The van der Waals surface area contributed by atoms with Crippen LogP contribution in [0.3, 0.4) is 0 Å². The highest BCUT2D eigenvalue weighted by molar-refractivity contribution is 5.87. The first kappa shape index (κ1) is 21.8. The minimum Gasteiger partial charge on any atom is -0.396 e.